The Morgan fingerprint density at radius 2 is 1.97 bits per heavy atom. The number of rotatable bonds is 4. The molecule has 0 unspecified atom stereocenters. The van der Waals surface area contributed by atoms with Crippen molar-refractivity contribution >= 4 is 44.5 Å². The fourth-order valence-electron chi connectivity index (χ4n) is 4.25. The molecule has 0 aliphatic carbocycles. The van der Waals surface area contributed by atoms with Crippen LogP contribution in [0.15, 0.2) is 70.0 Å². The van der Waals surface area contributed by atoms with Crippen LogP contribution >= 0.6 is 15.9 Å². The molecule has 2 amide bonds. The minimum Gasteiger partial charge on any atom is -0.444 e. The molecular formula is C24H21BrN4O3. The van der Waals surface area contributed by atoms with Crippen LogP contribution in [0.1, 0.15) is 45.2 Å². The molecule has 1 fully saturated rings. The summed E-state index contributed by atoms with van der Waals surface area (Å²) in [6.45, 7) is 1.38. The SMILES string of the molecule is O=C(Nc1cccc(C(=O)N2CCC(c3c[nH]c4ncccc34)CC2)c1)c1ccc(Br)o1. The Morgan fingerprint density at radius 1 is 1.12 bits per heavy atom. The lowest BCUT2D eigenvalue weighted by Crippen LogP contribution is -2.37. The van der Waals surface area contributed by atoms with Crippen molar-refractivity contribution in [1.29, 1.82) is 0 Å². The fourth-order valence-corrected chi connectivity index (χ4v) is 4.56. The van der Waals surface area contributed by atoms with Crippen LogP contribution in [0.3, 0.4) is 0 Å². The second-order valence-electron chi connectivity index (χ2n) is 7.85. The molecule has 1 aliphatic heterocycles. The highest BCUT2D eigenvalue weighted by Crippen LogP contribution is 2.33. The molecule has 2 N–H and O–H groups in total. The Kier molecular flexibility index (Phi) is 5.53. The summed E-state index contributed by atoms with van der Waals surface area (Å²) in [4.78, 5) is 34.9. The van der Waals surface area contributed by atoms with Crippen molar-refractivity contribution in [3.05, 3.63) is 82.5 Å². The van der Waals surface area contributed by atoms with E-state index in [1.165, 1.54) is 5.56 Å². The van der Waals surface area contributed by atoms with Gasteiger partial charge in [-0.15, -0.1) is 0 Å². The number of pyridine rings is 1. The van der Waals surface area contributed by atoms with Gasteiger partial charge in [0, 0.05) is 42.1 Å². The molecule has 0 atom stereocenters. The highest BCUT2D eigenvalue weighted by Gasteiger charge is 2.26. The molecule has 8 heteroatoms. The van der Waals surface area contributed by atoms with Crippen molar-refractivity contribution in [2.45, 2.75) is 18.8 Å². The number of carbonyl (C=O) groups excluding carboxylic acids is 2. The van der Waals surface area contributed by atoms with Crippen molar-refractivity contribution in [1.82, 2.24) is 14.9 Å². The van der Waals surface area contributed by atoms with Gasteiger partial charge in [-0.2, -0.15) is 0 Å². The van der Waals surface area contributed by atoms with Gasteiger partial charge in [0.05, 0.1) is 0 Å². The molecule has 0 spiro atoms. The van der Waals surface area contributed by atoms with Crippen LogP contribution in [0.2, 0.25) is 0 Å². The molecule has 1 aromatic carbocycles. The number of carbonyl (C=O) groups is 2. The van der Waals surface area contributed by atoms with E-state index in [1.54, 1.807) is 42.6 Å². The van der Waals surface area contributed by atoms with Gasteiger partial charge in [-0.05, 0) is 82.7 Å². The zero-order chi connectivity index (χ0) is 22.1. The van der Waals surface area contributed by atoms with Crippen LogP contribution < -0.4 is 5.32 Å². The zero-order valence-corrected chi connectivity index (χ0v) is 18.8. The van der Waals surface area contributed by atoms with Crippen molar-refractivity contribution in [3.8, 4) is 0 Å². The van der Waals surface area contributed by atoms with Crippen LogP contribution in [-0.2, 0) is 0 Å². The van der Waals surface area contributed by atoms with E-state index in [2.05, 4.69) is 37.3 Å². The largest absolute Gasteiger partial charge is 0.444 e. The van der Waals surface area contributed by atoms with E-state index >= 15 is 0 Å². The van der Waals surface area contributed by atoms with Gasteiger partial charge in [-0.25, -0.2) is 4.98 Å². The number of aromatic nitrogens is 2. The number of likely N-dealkylation sites (tertiary alicyclic amines) is 1. The lowest BCUT2D eigenvalue weighted by atomic mass is 9.89. The summed E-state index contributed by atoms with van der Waals surface area (Å²) in [7, 11) is 0. The topological polar surface area (TPSA) is 91.2 Å². The highest BCUT2D eigenvalue weighted by molar-refractivity contribution is 9.10. The van der Waals surface area contributed by atoms with E-state index < -0.39 is 0 Å². The number of piperidine rings is 1. The molecule has 0 radical (unpaired) electrons. The number of hydrogen-bond acceptors (Lipinski definition) is 4. The number of nitrogens with one attached hydrogen (secondary N) is 2. The predicted molar refractivity (Wildman–Crippen MR) is 125 cm³/mol. The third-order valence-corrected chi connectivity index (χ3v) is 6.30. The Balaban J connectivity index is 1.24. The van der Waals surface area contributed by atoms with Gasteiger partial charge in [0.15, 0.2) is 10.4 Å². The number of halogens is 1. The van der Waals surface area contributed by atoms with Gasteiger partial charge in [0.2, 0.25) is 0 Å². The second kappa shape index (κ2) is 8.63. The molecule has 32 heavy (non-hydrogen) atoms. The van der Waals surface area contributed by atoms with E-state index in [9.17, 15) is 9.59 Å². The number of amides is 2. The molecule has 0 saturated carbocycles. The zero-order valence-electron chi connectivity index (χ0n) is 17.2. The van der Waals surface area contributed by atoms with Crippen LogP contribution in [0.5, 0.6) is 0 Å². The normalized spacial score (nSPS) is 14.6. The van der Waals surface area contributed by atoms with Gasteiger partial charge in [-0.3, -0.25) is 9.59 Å². The summed E-state index contributed by atoms with van der Waals surface area (Å²) in [6.07, 6.45) is 5.63. The summed E-state index contributed by atoms with van der Waals surface area (Å²) >= 11 is 3.19. The third kappa shape index (κ3) is 4.05. The van der Waals surface area contributed by atoms with Gasteiger partial charge in [0.25, 0.3) is 11.8 Å². The first-order chi connectivity index (χ1) is 15.6. The molecule has 1 aliphatic rings. The van der Waals surface area contributed by atoms with Gasteiger partial charge in [-0.1, -0.05) is 6.07 Å². The van der Waals surface area contributed by atoms with Crippen molar-refractivity contribution in [2.24, 2.45) is 0 Å². The van der Waals surface area contributed by atoms with Crippen molar-refractivity contribution in [2.75, 3.05) is 18.4 Å². The number of fused-ring (bicyclic) bond motifs is 1. The van der Waals surface area contributed by atoms with Crippen molar-refractivity contribution < 1.29 is 14.0 Å². The predicted octanol–water partition coefficient (Wildman–Crippen LogP) is 5.19. The van der Waals surface area contributed by atoms with Crippen LogP contribution in [0.25, 0.3) is 11.0 Å². The molecule has 7 nitrogen and oxygen atoms in total. The average Bonchev–Trinajstić information content (AvgIpc) is 3.45. The van der Waals surface area contributed by atoms with Crippen molar-refractivity contribution in [3.63, 3.8) is 0 Å². The van der Waals surface area contributed by atoms with E-state index in [1.807, 2.05) is 17.2 Å². The van der Waals surface area contributed by atoms with E-state index in [4.69, 9.17) is 4.42 Å². The number of nitrogens with zero attached hydrogens (tertiary/aromatic N) is 2. The smallest absolute Gasteiger partial charge is 0.291 e. The first-order valence-corrected chi connectivity index (χ1v) is 11.3. The number of aromatic amines is 1. The first kappa shape index (κ1) is 20.5. The summed E-state index contributed by atoms with van der Waals surface area (Å²) < 4.78 is 5.77. The molecule has 3 aromatic heterocycles. The molecule has 4 aromatic rings. The number of hydrogen-bond donors (Lipinski definition) is 2. The maximum absolute atomic E-state index is 13.1. The van der Waals surface area contributed by atoms with Crippen LogP contribution in [-0.4, -0.2) is 39.8 Å². The van der Waals surface area contributed by atoms with E-state index in [-0.39, 0.29) is 17.6 Å². The first-order valence-electron chi connectivity index (χ1n) is 10.5. The van der Waals surface area contributed by atoms with Gasteiger partial charge in [0.1, 0.15) is 5.65 Å². The number of furan rings is 1. The Hall–Kier alpha value is -3.39. The lowest BCUT2D eigenvalue weighted by molar-refractivity contribution is 0.0713. The highest BCUT2D eigenvalue weighted by atomic mass is 79.9. The van der Waals surface area contributed by atoms with E-state index in [0.717, 1.165) is 23.9 Å². The van der Waals surface area contributed by atoms with Crippen LogP contribution in [0, 0.1) is 0 Å². The maximum Gasteiger partial charge on any atom is 0.291 e. The summed E-state index contributed by atoms with van der Waals surface area (Å²) in [5.74, 6) is 0.202. The van der Waals surface area contributed by atoms with Gasteiger partial charge < -0.3 is 19.6 Å². The number of anilines is 1. The summed E-state index contributed by atoms with van der Waals surface area (Å²) in [6, 6.07) is 14.3. The minimum absolute atomic E-state index is 0.0270. The third-order valence-electron chi connectivity index (χ3n) is 5.87. The Bertz CT molecular complexity index is 1290. The second-order valence-corrected chi connectivity index (χ2v) is 8.63. The molecule has 1 saturated heterocycles. The molecule has 5 rings (SSSR count). The molecule has 0 bridgehead atoms. The summed E-state index contributed by atoms with van der Waals surface area (Å²) in [5, 5.41) is 3.94. The summed E-state index contributed by atoms with van der Waals surface area (Å²) in [5.41, 5.74) is 3.28. The monoisotopic (exact) mass is 492 g/mol. The molecule has 162 valence electrons. The van der Waals surface area contributed by atoms with Gasteiger partial charge >= 0.3 is 0 Å². The Labute approximate surface area is 192 Å². The average molecular weight is 493 g/mol. The van der Waals surface area contributed by atoms with E-state index in [0.29, 0.717) is 34.9 Å². The lowest BCUT2D eigenvalue weighted by Gasteiger charge is -2.32. The molecular weight excluding hydrogens is 472 g/mol. The minimum atomic E-state index is -0.366. The Morgan fingerprint density at radius 3 is 2.75 bits per heavy atom. The fraction of sp³-hybridized carbons (Fsp3) is 0.208. The quantitative estimate of drug-likeness (QED) is 0.410. The standard InChI is InChI=1S/C24H21BrN4O3/c25-21-7-6-20(32-21)23(30)28-17-4-1-3-16(13-17)24(31)29-11-8-15(9-12-29)19-14-27-22-18(19)5-2-10-26-22/h1-7,10,13-15H,8-9,11-12H2,(H,26,27)(H,28,30). The number of benzene rings is 1. The number of H-pyrrole nitrogens is 1. The van der Waals surface area contributed by atoms with Crippen LogP contribution in [0.4, 0.5) is 5.69 Å². The maximum atomic E-state index is 13.1. The molecule has 4 heterocycles.